The first-order valence-corrected chi connectivity index (χ1v) is 9.91. The molecule has 0 aliphatic rings. The van der Waals surface area contributed by atoms with Gasteiger partial charge < -0.3 is 14.2 Å². The third-order valence-corrected chi connectivity index (χ3v) is 4.66. The Morgan fingerprint density at radius 3 is 2.77 bits per heavy atom. The molecule has 2 aromatic heterocycles. The van der Waals surface area contributed by atoms with Crippen LogP contribution in [0.5, 0.6) is 11.5 Å². The molecule has 0 aliphatic heterocycles. The average molecular weight is 431 g/mol. The third-order valence-electron chi connectivity index (χ3n) is 4.38. The summed E-state index contributed by atoms with van der Waals surface area (Å²) < 4.78 is 17.8. The lowest BCUT2D eigenvalue weighted by molar-refractivity contribution is 0.0467. The number of hydrogen-bond donors (Lipinski definition) is 0. The van der Waals surface area contributed by atoms with Gasteiger partial charge in [-0.3, -0.25) is 9.20 Å². The molecule has 1 aromatic carbocycles. The summed E-state index contributed by atoms with van der Waals surface area (Å²) in [5.74, 6) is 0.612. The third kappa shape index (κ3) is 5.10. The van der Waals surface area contributed by atoms with Crippen molar-refractivity contribution >= 4 is 23.2 Å². The Balaban J connectivity index is 1.74. The number of carbonyl (C=O) groups excluding carboxylic acids is 1. The molecule has 0 atom stereocenters. The highest BCUT2D eigenvalue weighted by molar-refractivity contribution is 6.32. The normalized spacial score (nSPS) is 11.0. The van der Waals surface area contributed by atoms with Crippen LogP contribution < -0.4 is 15.0 Å². The molecule has 8 heteroatoms. The maximum absolute atomic E-state index is 12.5. The number of rotatable bonds is 8. The lowest BCUT2D eigenvalue weighted by atomic mass is 10.1. The van der Waals surface area contributed by atoms with Crippen LogP contribution >= 0.6 is 11.6 Å². The number of nitrogens with zero attached hydrogens (tertiary/aromatic N) is 2. The first kappa shape index (κ1) is 21.6. The van der Waals surface area contributed by atoms with Gasteiger partial charge in [-0.2, -0.15) is 0 Å². The Morgan fingerprint density at radius 2 is 2.03 bits per heavy atom. The van der Waals surface area contributed by atoms with E-state index in [0.29, 0.717) is 35.4 Å². The van der Waals surface area contributed by atoms with Crippen LogP contribution in [0.25, 0.3) is 5.65 Å². The topological polar surface area (TPSA) is 79.1 Å². The second kappa shape index (κ2) is 9.63. The van der Waals surface area contributed by atoms with Crippen LogP contribution in [0.3, 0.4) is 0 Å². The van der Waals surface area contributed by atoms with Crippen molar-refractivity contribution in [2.45, 2.75) is 26.9 Å². The number of benzene rings is 1. The molecule has 0 spiro atoms. The lowest BCUT2D eigenvalue weighted by Gasteiger charge is -2.14. The van der Waals surface area contributed by atoms with E-state index in [1.807, 2.05) is 0 Å². The Labute approximate surface area is 179 Å². The SMILES string of the molecule is COc1cc(C(=O)OCc2cc(=O)n3ccccc3n2)cc(Cl)c1OCCC(C)C. The number of ether oxygens (including phenoxy) is 3. The molecular weight excluding hydrogens is 408 g/mol. The van der Waals surface area contributed by atoms with Gasteiger partial charge in [0, 0.05) is 12.3 Å². The number of pyridine rings is 1. The molecule has 0 fully saturated rings. The van der Waals surface area contributed by atoms with Crippen molar-refractivity contribution in [3.63, 3.8) is 0 Å². The van der Waals surface area contributed by atoms with Crippen molar-refractivity contribution < 1.29 is 19.0 Å². The fourth-order valence-electron chi connectivity index (χ4n) is 2.77. The van der Waals surface area contributed by atoms with E-state index in [-0.39, 0.29) is 22.8 Å². The largest absolute Gasteiger partial charge is 0.493 e. The summed E-state index contributed by atoms with van der Waals surface area (Å²) in [6, 6.07) is 9.54. The van der Waals surface area contributed by atoms with E-state index in [0.717, 1.165) is 6.42 Å². The van der Waals surface area contributed by atoms with E-state index in [1.54, 1.807) is 24.4 Å². The Hall–Kier alpha value is -3.06. The minimum absolute atomic E-state index is 0.147. The number of hydrogen-bond acceptors (Lipinski definition) is 6. The van der Waals surface area contributed by atoms with Gasteiger partial charge >= 0.3 is 5.97 Å². The average Bonchev–Trinajstić information content (AvgIpc) is 2.72. The molecule has 0 amide bonds. The highest BCUT2D eigenvalue weighted by atomic mass is 35.5. The fourth-order valence-corrected chi connectivity index (χ4v) is 3.04. The second-order valence-corrected chi connectivity index (χ2v) is 7.52. The lowest BCUT2D eigenvalue weighted by Crippen LogP contribution is -2.16. The van der Waals surface area contributed by atoms with Crippen LogP contribution in [-0.2, 0) is 11.3 Å². The number of fused-ring (bicyclic) bond motifs is 1. The molecule has 158 valence electrons. The summed E-state index contributed by atoms with van der Waals surface area (Å²) in [5.41, 5.74) is 0.791. The standard InChI is InChI=1S/C22H23ClN2O5/c1-14(2)7-9-29-21-17(23)10-15(11-18(21)28-3)22(27)30-13-16-12-20(26)25-8-5-4-6-19(25)24-16/h4-6,8,10-12,14H,7,9,13H2,1-3H3. The number of carbonyl (C=O) groups is 1. The molecule has 0 bridgehead atoms. The van der Waals surface area contributed by atoms with Crippen molar-refractivity contribution in [1.29, 1.82) is 0 Å². The van der Waals surface area contributed by atoms with Crippen LogP contribution in [0.15, 0.2) is 47.4 Å². The highest BCUT2D eigenvalue weighted by Gasteiger charge is 2.17. The fraction of sp³-hybridized carbons (Fsp3) is 0.318. The molecule has 30 heavy (non-hydrogen) atoms. The molecule has 0 aliphatic carbocycles. The van der Waals surface area contributed by atoms with Gasteiger partial charge in [-0.05, 0) is 36.6 Å². The zero-order valence-electron chi connectivity index (χ0n) is 17.1. The smallest absolute Gasteiger partial charge is 0.338 e. The maximum atomic E-state index is 12.5. The number of aromatic nitrogens is 2. The molecule has 0 saturated carbocycles. The van der Waals surface area contributed by atoms with Gasteiger partial charge in [-0.25, -0.2) is 9.78 Å². The van der Waals surface area contributed by atoms with Crippen LogP contribution in [0, 0.1) is 5.92 Å². The summed E-state index contributed by atoms with van der Waals surface area (Å²) in [6.07, 6.45) is 2.49. The minimum atomic E-state index is -0.612. The molecule has 0 radical (unpaired) electrons. The van der Waals surface area contributed by atoms with Gasteiger partial charge in [-0.1, -0.05) is 31.5 Å². The second-order valence-electron chi connectivity index (χ2n) is 7.11. The van der Waals surface area contributed by atoms with Gasteiger partial charge in [0.05, 0.1) is 30.0 Å². The number of methoxy groups -OCH3 is 1. The molecule has 2 heterocycles. The molecule has 0 saturated heterocycles. The summed E-state index contributed by atoms with van der Waals surface area (Å²) in [4.78, 5) is 29.0. The van der Waals surface area contributed by atoms with Crippen molar-refractivity contribution in [2.75, 3.05) is 13.7 Å². The van der Waals surface area contributed by atoms with Crippen LogP contribution in [0.2, 0.25) is 5.02 Å². The molecule has 0 unspecified atom stereocenters. The van der Waals surface area contributed by atoms with Gasteiger partial charge in [-0.15, -0.1) is 0 Å². The van der Waals surface area contributed by atoms with Crippen molar-refractivity contribution in [2.24, 2.45) is 5.92 Å². The first-order chi connectivity index (χ1) is 14.4. The van der Waals surface area contributed by atoms with Gasteiger partial charge in [0.1, 0.15) is 12.3 Å². The van der Waals surface area contributed by atoms with E-state index in [4.69, 9.17) is 25.8 Å². The van der Waals surface area contributed by atoms with Gasteiger partial charge in [0.25, 0.3) is 5.56 Å². The molecule has 0 N–H and O–H groups in total. The monoisotopic (exact) mass is 430 g/mol. The predicted molar refractivity (Wildman–Crippen MR) is 114 cm³/mol. The van der Waals surface area contributed by atoms with Crippen LogP contribution in [0.1, 0.15) is 36.3 Å². The van der Waals surface area contributed by atoms with Crippen molar-refractivity contribution in [3.8, 4) is 11.5 Å². The first-order valence-electron chi connectivity index (χ1n) is 9.54. The molecule has 7 nitrogen and oxygen atoms in total. The minimum Gasteiger partial charge on any atom is -0.493 e. The van der Waals surface area contributed by atoms with Crippen LogP contribution in [0.4, 0.5) is 0 Å². The molecule has 3 aromatic rings. The Kier molecular flexibility index (Phi) is 6.95. The summed E-state index contributed by atoms with van der Waals surface area (Å²) in [7, 11) is 1.47. The number of esters is 1. The number of halogens is 1. The molecule has 3 rings (SSSR count). The highest BCUT2D eigenvalue weighted by Crippen LogP contribution is 2.37. The zero-order valence-corrected chi connectivity index (χ0v) is 17.8. The quantitative estimate of drug-likeness (QED) is 0.500. The van der Waals surface area contributed by atoms with E-state index in [2.05, 4.69) is 18.8 Å². The van der Waals surface area contributed by atoms with Gasteiger partial charge in [0.2, 0.25) is 0 Å². The van der Waals surface area contributed by atoms with E-state index in [9.17, 15) is 9.59 Å². The molecular formula is C22H23ClN2O5. The summed E-state index contributed by atoms with van der Waals surface area (Å²) >= 11 is 6.31. The van der Waals surface area contributed by atoms with E-state index < -0.39 is 5.97 Å². The summed E-state index contributed by atoms with van der Waals surface area (Å²) in [5, 5.41) is 0.257. The van der Waals surface area contributed by atoms with Gasteiger partial charge in [0.15, 0.2) is 11.5 Å². The van der Waals surface area contributed by atoms with E-state index in [1.165, 1.54) is 29.7 Å². The van der Waals surface area contributed by atoms with Crippen molar-refractivity contribution in [1.82, 2.24) is 9.38 Å². The zero-order chi connectivity index (χ0) is 21.7. The summed E-state index contributed by atoms with van der Waals surface area (Å²) in [6.45, 7) is 4.53. The van der Waals surface area contributed by atoms with E-state index >= 15 is 0 Å². The van der Waals surface area contributed by atoms with Crippen molar-refractivity contribution in [3.05, 3.63) is 69.2 Å². The Bertz CT molecular complexity index is 1110. The maximum Gasteiger partial charge on any atom is 0.338 e. The van der Waals surface area contributed by atoms with Crippen LogP contribution in [-0.4, -0.2) is 29.1 Å². The predicted octanol–water partition coefficient (Wildman–Crippen LogP) is 4.14. The Morgan fingerprint density at radius 1 is 1.23 bits per heavy atom.